The zero-order valence-corrected chi connectivity index (χ0v) is 17.8. The second-order valence-corrected chi connectivity index (χ2v) is 11.4. The second kappa shape index (κ2) is 6.98. The van der Waals surface area contributed by atoms with Crippen molar-refractivity contribution in [3.63, 3.8) is 0 Å². The number of benzene rings is 1. The number of carbonyl (C=O) groups excluding carboxylic acids is 2. The predicted molar refractivity (Wildman–Crippen MR) is 112 cm³/mol. The summed E-state index contributed by atoms with van der Waals surface area (Å²) in [6.45, 7) is 2.10. The van der Waals surface area contributed by atoms with E-state index in [1.165, 1.54) is 6.42 Å². The van der Waals surface area contributed by atoms with Crippen LogP contribution in [0.1, 0.15) is 50.5 Å². The maximum Gasteiger partial charge on any atom is 0.329 e. The molecular formula is C22H26O4S2. The van der Waals surface area contributed by atoms with Crippen LogP contribution in [0.5, 0.6) is 5.75 Å². The van der Waals surface area contributed by atoms with Crippen molar-refractivity contribution in [3.05, 3.63) is 29.8 Å². The molecule has 4 nitrogen and oxygen atoms in total. The summed E-state index contributed by atoms with van der Waals surface area (Å²) in [6.07, 6.45) is 5.08. The van der Waals surface area contributed by atoms with Crippen molar-refractivity contribution in [2.75, 3.05) is 18.1 Å². The van der Waals surface area contributed by atoms with E-state index < -0.39 is 5.41 Å². The van der Waals surface area contributed by atoms with Crippen molar-refractivity contribution in [1.82, 2.24) is 0 Å². The Morgan fingerprint density at radius 2 is 1.89 bits per heavy atom. The topological polar surface area (TPSA) is 52.6 Å². The third-order valence-electron chi connectivity index (χ3n) is 7.18. The van der Waals surface area contributed by atoms with Gasteiger partial charge in [-0.25, -0.2) is 0 Å². The van der Waals surface area contributed by atoms with E-state index in [4.69, 9.17) is 9.47 Å². The van der Waals surface area contributed by atoms with Gasteiger partial charge < -0.3 is 9.47 Å². The molecule has 0 aromatic heterocycles. The van der Waals surface area contributed by atoms with E-state index >= 15 is 0 Å². The molecule has 28 heavy (non-hydrogen) atoms. The molecule has 0 bridgehead atoms. The third kappa shape index (κ3) is 2.46. The molecule has 5 rings (SSSR count). The van der Waals surface area contributed by atoms with E-state index in [2.05, 4.69) is 23.5 Å². The second-order valence-electron chi connectivity index (χ2n) is 8.28. The third-order valence-corrected chi connectivity index (χ3v) is 10.9. The maximum absolute atomic E-state index is 13.6. The van der Waals surface area contributed by atoms with Gasteiger partial charge in [0.25, 0.3) is 0 Å². The highest BCUT2D eigenvalue weighted by Gasteiger charge is 2.71. The lowest BCUT2D eigenvalue weighted by molar-refractivity contribution is -0.183. The minimum atomic E-state index is -1.19. The average Bonchev–Trinajstić information content (AvgIpc) is 3.17. The quantitative estimate of drug-likeness (QED) is 0.397. The molecule has 150 valence electrons. The van der Waals surface area contributed by atoms with Gasteiger partial charge in [0.1, 0.15) is 5.75 Å². The van der Waals surface area contributed by atoms with Gasteiger partial charge in [-0.05, 0) is 49.7 Å². The number of carbonyl (C=O) groups is 2. The van der Waals surface area contributed by atoms with Crippen LogP contribution in [0.3, 0.4) is 0 Å². The molecule has 2 aliphatic carbocycles. The Kier molecular flexibility index (Phi) is 4.70. The molecule has 1 spiro atoms. The Labute approximate surface area is 174 Å². The van der Waals surface area contributed by atoms with Crippen LogP contribution >= 0.6 is 23.5 Å². The summed E-state index contributed by atoms with van der Waals surface area (Å²) in [6, 6.07) is 7.78. The highest BCUT2D eigenvalue weighted by atomic mass is 32.2. The van der Waals surface area contributed by atoms with Gasteiger partial charge in [0, 0.05) is 17.4 Å². The van der Waals surface area contributed by atoms with Crippen LogP contribution in [0.4, 0.5) is 0 Å². The Bertz CT molecular complexity index is 803. The maximum atomic E-state index is 13.6. The molecule has 2 saturated carbocycles. The van der Waals surface area contributed by atoms with Crippen molar-refractivity contribution in [2.24, 2.45) is 17.3 Å². The molecule has 4 atom stereocenters. The van der Waals surface area contributed by atoms with Gasteiger partial charge in [-0.2, -0.15) is 0 Å². The highest BCUT2D eigenvalue weighted by Crippen LogP contribution is 2.70. The van der Waals surface area contributed by atoms with Gasteiger partial charge in [0.15, 0.2) is 5.41 Å². The summed E-state index contributed by atoms with van der Waals surface area (Å²) in [4.78, 5) is 27.0. The van der Waals surface area contributed by atoms with Crippen molar-refractivity contribution in [3.8, 4) is 5.75 Å². The van der Waals surface area contributed by atoms with Crippen molar-refractivity contribution >= 4 is 35.5 Å². The number of thioether (sulfide) groups is 2. The minimum absolute atomic E-state index is 0.00185. The van der Waals surface area contributed by atoms with E-state index in [1.54, 1.807) is 0 Å². The fourth-order valence-electron chi connectivity index (χ4n) is 6.18. The zero-order valence-electron chi connectivity index (χ0n) is 16.1. The molecule has 2 heterocycles. The standard InChI is InChI=1S/C22H26O4S2/c1-2-25-19(23)22-16-9-5-4-8-15(16)21(27-11-12-28-21)13-17(22)14-7-3-6-10-18(14)26-20(22)24/h3,6-7,10,15-17H,2,4-5,8-9,11-13H2,1H3. The summed E-state index contributed by atoms with van der Waals surface area (Å²) in [5, 5.41) is 0. The molecule has 1 saturated heterocycles. The smallest absolute Gasteiger partial charge is 0.329 e. The van der Waals surface area contributed by atoms with E-state index in [0.717, 1.165) is 42.8 Å². The average molecular weight is 419 g/mol. The lowest BCUT2D eigenvalue weighted by Crippen LogP contribution is -2.63. The molecule has 1 aromatic rings. The Morgan fingerprint density at radius 1 is 1.18 bits per heavy atom. The minimum Gasteiger partial charge on any atom is -0.465 e. The molecule has 0 N–H and O–H groups in total. The van der Waals surface area contributed by atoms with Gasteiger partial charge in [-0.1, -0.05) is 31.0 Å². The Hall–Kier alpha value is -1.14. The first kappa shape index (κ1) is 18.9. The molecule has 4 unspecified atom stereocenters. The number of rotatable bonds is 2. The lowest BCUT2D eigenvalue weighted by atomic mass is 9.50. The van der Waals surface area contributed by atoms with Crippen LogP contribution in [-0.4, -0.2) is 34.1 Å². The molecule has 2 aliphatic heterocycles. The van der Waals surface area contributed by atoms with Crippen LogP contribution in [0, 0.1) is 17.3 Å². The summed E-state index contributed by atoms with van der Waals surface area (Å²) in [5.74, 6) is 2.37. The van der Waals surface area contributed by atoms with Crippen LogP contribution < -0.4 is 4.74 Å². The predicted octanol–water partition coefficient (Wildman–Crippen LogP) is 4.63. The number of hydrogen-bond donors (Lipinski definition) is 0. The fourth-order valence-corrected chi connectivity index (χ4v) is 9.93. The number of ether oxygens (including phenoxy) is 2. The summed E-state index contributed by atoms with van der Waals surface area (Å²) < 4.78 is 11.5. The van der Waals surface area contributed by atoms with Crippen molar-refractivity contribution < 1.29 is 19.1 Å². The number of hydrogen-bond acceptors (Lipinski definition) is 6. The first-order valence-corrected chi connectivity index (χ1v) is 12.4. The van der Waals surface area contributed by atoms with Gasteiger partial charge >= 0.3 is 11.9 Å². The molecule has 3 fully saturated rings. The summed E-state index contributed by atoms with van der Waals surface area (Å²) in [7, 11) is 0. The summed E-state index contributed by atoms with van der Waals surface area (Å²) in [5.41, 5.74) is -0.184. The molecule has 1 aromatic carbocycles. The largest absolute Gasteiger partial charge is 0.465 e. The highest BCUT2D eigenvalue weighted by molar-refractivity contribution is 8.21. The fraction of sp³-hybridized carbons (Fsp3) is 0.636. The van der Waals surface area contributed by atoms with Crippen LogP contribution in [0.2, 0.25) is 0 Å². The van der Waals surface area contributed by atoms with Crippen LogP contribution in [-0.2, 0) is 14.3 Å². The lowest BCUT2D eigenvalue weighted by Gasteiger charge is -2.58. The van der Waals surface area contributed by atoms with E-state index in [0.29, 0.717) is 11.7 Å². The Balaban J connectivity index is 1.72. The SMILES string of the molecule is CCOC(=O)C12C(=O)Oc3ccccc3C1CC1(SCCS1)C1CCCCC12. The van der Waals surface area contributed by atoms with Gasteiger partial charge in [-0.3, -0.25) is 9.59 Å². The molecule has 0 radical (unpaired) electrons. The number of fused-ring (bicyclic) bond motifs is 6. The van der Waals surface area contributed by atoms with Gasteiger partial charge in [0.05, 0.1) is 10.7 Å². The van der Waals surface area contributed by atoms with E-state index in [9.17, 15) is 9.59 Å². The first-order valence-electron chi connectivity index (χ1n) is 10.4. The van der Waals surface area contributed by atoms with Gasteiger partial charge in [0.2, 0.25) is 0 Å². The number of para-hydroxylation sites is 1. The zero-order chi connectivity index (χ0) is 19.4. The Morgan fingerprint density at radius 3 is 2.64 bits per heavy atom. The first-order chi connectivity index (χ1) is 13.6. The van der Waals surface area contributed by atoms with Crippen molar-refractivity contribution in [1.29, 1.82) is 0 Å². The molecule has 6 heteroatoms. The number of esters is 2. The van der Waals surface area contributed by atoms with Crippen molar-refractivity contribution in [2.45, 2.75) is 49.0 Å². The van der Waals surface area contributed by atoms with Crippen LogP contribution in [0.25, 0.3) is 0 Å². The molecule has 0 amide bonds. The monoisotopic (exact) mass is 418 g/mol. The van der Waals surface area contributed by atoms with E-state index in [1.807, 2.05) is 31.2 Å². The normalized spacial score (nSPS) is 35.5. The van der Waals surface area contributed by atoms with Crippen LogP contribution in [0.15, 0.2) is 24.3 Å². The van der Waals surface area contributed by atoms with Gasteiger partial charge in [-0.15, -0.1) is 23.5 Å². The summed E-state index contributed by atoms with van der Waals surface area (Å²) >= 11 is 4.13. The molecular weight excluding hydrogens is 392 g/mol. The van der Waals surface area contributed by atoms with E-state index in [-0.39, 0.29) is 34.5 Å². The molecule has 4 aliphatic rings.